The minimum absolute atomic E-state index is 0.318. The zero-order valence-corrected chi connectivity index (χ0v) is 9.36. The molecule has 0 amide bonds. The molecule has 2 rings (SSSR count). The SMILES string of the molecule is CC(C)(C)OC=O.O=CC12CN1CCO2. The maximum absolute atomic E-state index is 10.2. The minimum Gasteiger partial charge on any atom is -0.462 e. The lowest BCUT2D eigenvalue weighted by atomic mass is 10.2. The van der Waals surface area contributed by atoms with Crippen LogP contribution in [-0.4, -0.2) is 48.7 Å². The van der Waals surface area contributed by atoms with Crippen molar-refractivity contribution in [2.45, 2.75) is 32.1 Å². The Hall–Kier alpha value is -0.940. The number of fused-ring (bicyclic) bond motifs is 1. The first kappa shape index (κ1) is 12.1. The Kier molecular flexibility index (Phi) is 3.46. The molecule has 15 heavy (non-hydrogen) atoms. The maximum atomic E-state index is 10.2. The van der Waals surface area contributed by atoms with Crippen molar-refractivity contribution in [1.82, 2.24) is 4.90 Å². The van der Waals surface area contributed by atoms with Crippen molar-refractivity contribution >= 4 is 12.8 Å². The fourth-order valence-corrected chi connectivity index (χ4v) is 1.27. The van der Waals surface area contributed by atoms with Gasteiger partial charge >= 0.3 is 0 Å². The smallest absolute Gasteiger partial charge is 0.293 e. The van der Waals surface area contributed by atoms with Crippen LogP contribution in [0.15, 0.2) is 0 Å². The number of ether oxygens (including phenoxy) is 2. The van der Waals surface area contributed by atoms with Gasteiger partial charge in [0.25, 0.3) is 6.47 Å². The molecule has 0 saturated carbocycles. The van der Waals surface area contributed by atoms with Gasteiger partial charge in [-0.25, -0.2) is 0 Å². The Balaban J connectivity index is 0.000000153. The van der Waals surface area contributed by atoms with Gasteiger partial charge in [-0.3, -0.25) is 14.5 Å². The van der Waals surface area contributed by atoms with Gasteiger partial charge in [-0.05, 0) is 20.8 Å². The number of carbonyl (C=O) groups is 2. The molecule has 2 atom stereocenters. The first-order valence-electron chi connectivity index (χ1n) is 4.90. The summed E-state index contributed by atoms with van der Waals surface area (Å²) in [5, 5.41) is 0. The zero-order valence-electron chi connectivity index (χ0n) is 9.36. The van der Waals surface area contributed by atoms with Gasteiger partial charge in [-0.15, -0.1) is 0 Å². The normalized spacial score (nSPS) is 32.1. The molecule has 2 aliphatic rings. The van der Waals surface area contributed by atoms with Crippen LogP contribution in [0.3, 0.4) is 0 Å². The van der Waals surface area contributed by atoms with E-state index in [-0.39, 0.29) is 5.60 Å². The summed E-state index contributed by atoms with van der Waals surface area (Å²) in [6.07, 6.45) is 0.889. The second-order valence-electron chi connectivity index (χ2n) is 4.56. The lowest BCUT2D eigenvalue weighted by molar-refractivity contribution is -0.138. The number of rotatable bonds is 2. The van der Waals surface area contributed by atoms with E-state index < -0.39 is 5.72 Å². The summed E-state index contributed by atoms with van der Waals surface area (Å²) >= 11 is 0. The highest BCUT2D eigenvalue weighted by atomic mass is 16.6. The predicted octanol–water partition coefficient (Wildman–Crippen LogP) is 0.185. The van der Waals surface area contributed by atoms with Crippen LogP contribution >= 0.6 is 0 Å². The summed E-state index contributed by atoms with van der Waals surface area (Å²) in [5.41, 5.74) is -0.762. The standard InChI is InChI=1S/C5H7NO2.C5H10O2/c7-4-5-3-6(5)1-2-8-5;1-5(2,3)7-4-6/h4H,1-3H2;4H,1-3H3. The maximum Gasteiger partial charge on any atom is 0.293 e. The molecule has 0 bridgehead atoms. The van der Waals surface area contributed by atoms with Gasteiger partial charge in [-0.1, -0.05) is 0 Å². The molecule has 2 heterocycles. The summed E-state index contributed by atoms with van der Waals surface area (Å²) in [4.78, 5) is 21.8. The molecule has 0 aromatic heterocycles. The van der Waals surface area contributed by atoms with E-state index in [0.717, 1.165) is 26.0 Å². The summed E-state index contributed by atoms with van der Waals surface area (Å²) in [7, 11) is 0. The molecule has 0 aliphatic carbocycles. The molecule has 0 N–H and O–H groups in total. The van der Waals surface area contributed by atoms with E-state index in [4.69, 9.17) is 4.74 Å². The van der Waals surface area contributed by atoms with E-state index in [1.807, 2.05) is 25.7 Å². The molecule has 5 heteroatoms. The zero-order chi connectivity index (χ0) is 11.5. The van der Waals surface area contributed by atoms with Crippen molar-refractivity contribution in [2.75, 3.05) is 19.7 Å². The molecule has 0 aromatic carbocycles. The van der Waals surface area contributed by atoms with Crippen molar-refractivity contribution in [3.63, 3.8) is 0 Å². The number of hydrogen-bond acceptors (Lipinski definition) is 5. The quantitative estimate of drug-likeness (QED) is 0.486. The number of aldehydes is 1. The van der Waals surface area contributed by atoms with Crippen LogP contribution < -0.4 is 0 Å². The first-order chi connectivity index (χ1) is 6.93. The fraction of sp³-hybridized carbons (Fsp3) is 0.800. The van der Waals surface area contributed by atoms with E-state index in [0.29, 0.717) is 6.47 Å². The van der Waals surface area contributed by atoms with Crippen LogP contribution in [-0.2, 0) is 19.1 Å². The van der Waals surface area contributed by atoms with E-state index in [2.05, 4.69) is 4.74 Å². The highest BCUT2D eigenvalue weighted by molar-refractivity contribution is 5.67. The average Bonchev–Trinajstić information content (AvgIpc) is 2.69. The van der Waals surface area contributed by atoms with Gasteiger partial charge in [0.2, 0.25) is 0 Å². The lowest BCUT2D eigenvalue weighted by Crippen LogP contribution is -2.17. The van der Waals surface area contributed by atoms with Gasteiger partial charge in [0.15, 0.2) is 12.0 Å². The predicted molar refractivity (Wildman–Crippen MR) is 53.2 cm³/mol. The molecule has 0 aromatic rings. The Morgan fingerprint density at radius 1 is 1.40 bits per heavy atom. The van der Waals surface area contributed by atoms with Crippen molar-refractivity contribution in [3.8, 4) is 0 Å². The third kappa shape index (κ3) is 3.28. The highest BCUT2D eigenvalue weighted by Crippen LogP contribution is 2.35. The molecule has 2 saturated heterocycles. The fourth-order valence-electron chi connectivity index (χ4n) is 1.27. The number of nitrogens with zero attached hydrogens (tertiary/aromatic N) is 1. The van der Waals surface area contributed by atoms with E-state index in [9.17, 15) is 9.59 Å². The second-order valence-corrected chi connectivity index (χ2v) is 4.56. The highest BCUT2D eigenvalue weighted by Gasteiger charge is 2.57. The van der Waals surface area contributed by atoms with E-state index in [1.54, 1.807) is 0 Å². The second kappa shape index (κ2) is 4.28. The van der Waals surface area contributed by atoms with Crippen molar-refractivity contribution in [2.24, 2.45) is 0 Å². The van der Waals surface area contributed by atoms with Crippen LogP contribution in [0, 0.1) is 0 Å². The van der Waals surface area contributed by atoms with Gasteiger partial charge in [0, 0.05) is 6.54 Å². The van der Waals surface area contributed by atoms with Crippen molar-refractivity contribution in [1.29, 1.82) is 0 Å². The monoisotopic (exact) mass is 215 g/mol. The molecular weight excluding hydrogens is 198 g/mol. The number of carbonyl (C=O) groups excluding carboxylic acids is 2. The average molecular weight is 215 g/mol. The summed E-state index contributed by atoms with van der Waals surface area (Å²) < 4.78 is 9.67. The lowest BCUT2D eigenvalue weighted by Gasteiger charge is -2.14. The van der Waals surface area contributed by atoms with E-state index >= 15 is 0 Å². The van der Waals surface area contributed by atoms with Gasteiger partial charge in [0.05, 0.1) is 13.2 Å². The van der Waals surface area contributed by atoms with Crippen LogP contribution in [0.4, 0.5) is 0 Å². The Morgan fingerprint density at radius 3 is 2.20 bits per heavy atom. The third-order valence-electron chi connectivity index (χ3n) is 2.15. The molecule has 0 radical (unpaired) electrons. The summed E-state index contributed by atoms with van der Waals surface area (Å²) in [5.74, 6) is 0. The Labute approximate surface area is 89.3 Å². The third-order valence-corrected chi connectivity index (χ3v) is 2.15. The number of hydrogen-bond donors (Lipinski definition) is 0. The van der Waals surface area contributed by atoms with Crippen molar-refractivity contribution in [3.05, 3.63) is 0 Å². The first-order valence-corrected chi connectivity index (χ1v) is 4.90. The Bertz CT molecular complexity index is 248. The van der Waals surface area contributed by atoms with Crippen LogP contribution in [0.25, 0.3) is 0 Å². The van der Waals surface area contributed by atoms with Crippen LogP contribution in [0.5, 0.6) is 0 Å². The molecule has 2 fully saturated rings. The minimum atomic E-state index is -0.444. The van der Waals surface area contributed by atoms with Crippen LogP contribution in [0.2, 0.25) is 0 Å². The molecule has 2 aliphatic heterocycles. The molecular formula is C10H17NO4. The van der Waals surface area contributed by atoms with Crippen molar-refractivity contribution < 1.29 is 19.1 Å². The number of morpholine rings is 1. The van der Waals surface area contributed by atoms with E-state index in [1.165, 1.54) is 0 Å². The van der Waals surface area contributed by atoms with Crippen LogP contribution in [0.1, 0.15) is 20.8 Å². The topological polar surface area (TPSA) is 55.6 Å². The Morgan fingerprint density at radius 2 is 2.07 bits per heavy atom. The molecule has 0 spiro atoms. The van der Waals surface area contributed by atoms with Gasteiger partial charge in [0.1, 0.15) is 5.60 Å². The molecule has 5 nitrogen and oxygen atoms in total. The molecule has 86 valence electrons. The van der Waals surface area contributed by atoms with Gasteiger partial charge in [-0.2, -0.15) is 0 Å². The van der Waals surface area contributed by atoms with Gasteiger partial charge < -0.3 is 9.47 Å². The summed E-state index contributed by atoms with van der Waals surface area (Å²) in [6.45, 7) is 8.39. The summed E-state index contributed by atoms with van der Waals surface area (Å²) in [6, 6.07) is 0. The molecule has 2 unspecified atom stereocenters. The largest absolute Gasteiger partial charge is 0.462 e.